The van der Waals surface area contributed by atoms with Gasteiger partial charge < -0.3 is 19.7 Å². The molecule has 3 aromatic rings. The summed E-state index contributed by atoms with van der Waals surface area (Å²) in [5.74, 6) is 0.618. The monoisotopic (exact) mass is 523 g/mol. The Morgan fingerprint density at radius 1 is 1.27 bits per heavy atom. The van der Waals surface area contributed by atoms with Crippen LogP contribution >= 0.6 is 51.1 Å². The minimum absolute atomic E-state index is 0.0555. The van der Waals surface area contributed by atoms with Crippen LogP contribution in [0.5, 0.6) is 5.75 Å². The molecule has 0 unspecified atom stereocenters. The number of nitrogens with one attached hydrogen (secondary N) is 1. The van der Waals surface area contributed by atoms with E-state index in [2.05, 4.69) is 42.6 Å². The molecule has 1 aromatic carbocycles. The number of aromatic nitrogens is 1. The fourth-order valence-corrected chi connectivity index (χ4v) is 5.54. The minimum Gasteiger partial charge on any atom is -0.490 e. The third-order valence-electron chi connectivity index (χ3n) is 4.72. The molecule has 156 valence electrons. The fraction of sp³-hybridized carbons (Fsp3) is 0.238. The first-order valence-corrected chi connectivity index (χ1v) is 11.7. The largest absolute Gasteiger partial charge is 0.490 e. The second-order valence-corrected chi connectivity index (χ2v) is 9.27. The summed E-state index contributed by atoms with van der Waals surface area (Å²) in [5.41, 5.74) is 1.83. The maximum Gasteiger partial charge on any atom is 0.174 e. The van der Waals surface area contributed by atoms with Crippen molar-refractivity contribution in [1.29, 1.82) is 0 Å². The highest BCUT2D eigenvalue weighted by Crippen LogP contribution is 2.45. The molecule has 4 rings (SSSR count). The second-order valence-electron chi connectivity index (χ2n) is 6.62. The first-order chi connectivity index (χ1) is 14.6. The number of thiophene rings is 1. The van der Waals surface area contributed by atoms with E-state index in [9.17, 15) is 0 Å². The average Bonchev–Trinajstić information content (AvgIpc) is 3.33. The van der Waals surface area contributed by atoms with Crippen molar-refractivity contribution >= 4 is 61.9 Å². The molecule has 1 fully saturated rings. The van der Waals surface area contributed by atoms with Gasteiger partial charge in [-0.25, -0.2) is 0 Å². The topological polar surface area (TPSA) is 46.6 Å². The highest BCUT2D eigenvalue weighted by molar-refractivity contribution is 9.10. The Bertz CT molecular complexity index is 1030. The number of thiocarbonyl (C=S) groups is 1. The third-order valence-corrected chi connectivity index (χ3v) is 7.09. The van der Waals surface area contributed by atoms with Crippen molar-refractivity contribution in [1.82, 2.24) is 10.3 Å². The average molecular weight is 525 g/mol. The summed E-state index contributed by atoms with van der Waals surface area (Å²) in [7, 11) is 1.64. The summed E-state index contributed by atoms with van der Waals surface area (Å²) in [6.45, 7) is 0.937. The van der Waals surface area contributed by atoms with E-state index < -0.39 is 0 Å². The van der Waals surface area contributed by atoms with Gasteiger partial charge in [0, 0.05) is 33.7 Å². The first-order valence-electron chi connectivity index (χ1n) is 9.24. The number of hydrogen-bond donors (Lipinski definition) is 1. The highest BCUT2D eigenvalue weighted by Gasteiger charge is 2.41. The molecule has 2 atom stereocenters. The van der Waals surface area contributed by atoms with E-state index >= 15 is 0 Å². The summed E-state index contributed by atoms with van der Waals surface area (Å²) in [6.07, 6.45) is 1.80. The lowest BCUT2D eigenvalue weighted by Gasteiger charge is -2.27. The number of benzene rings is 1. The predicted octanol–water partition coefficient (Wildman–Crippen LogP) is 5.76. The molecule has 0 amide bonds. The molecular formula is C21H19BrClN3O2S2. The lowest BCUT2D eigenvalue weighted by atomic mass is 10.0. The van der Waals surface area contributed by atoms with Crippen molar-refractivity contribution in [3.05, 3.63) is 74.1 Å². The Labute approximate surface area is 198 Å². The van der Waals surface area contributed by atoms with Gasteiger partial charge in [0.25, 0.3) is 0 Å². The number of rotatable bonds is 7. The summed E-state index contributed by atoms with van der Waals surface area (Å²) < 4.78 is 11.8. The zero-order valence-electron chi connectivity index (χ0n) is 16.0. The number of halogens is 2. The molecule has 3 heterocycles. The zero-order valence-corrected chi connectivity index (χ0v) is 20.0. The lowest BCUT2D eigenvalue weighted by Crippen LogP contribution is -2.29. The van der Waals surface area contributed by atoms with Crippen molar-refractivity contribution in [3.63, 3.8) is 0 Å². The third kappa shape index (κ3) is 4.48. The fourth-order valence-electron chi connectivity index (χ4n) is 3.40. The summed E-state index contributed by atoms with van der Waals surface area (Å²) in [5, 5.41) is 6.68. The quantitative estimate of drug-likeness (QED) is 0.313. The molecule has 0 bridgehead atoms. The summed E-state index contributed by atoms with van der Waals surface area (Å²) >= 11 is 17.5. The van der Waals surface area contributed by atoms with Gasteiger partial charge in [-0.15, -0.1) is 11.3 Å². The van der Waals surface area contributed by atoms with Crippen LogP contribution in [0.15, 0.2) is 58.5 Å². The van der Waals surface area contributed by atoms with Crippen LogP contribution in [0.4, 0.5) is 5.69 Å². The Kier molecular flexibility index (Phi) is 6.90. The summed E-state index contributed by atoms with van der Waals surface area (Å²) in [4.78, 5) is 7.83. The molecule has 1 N–H and O–H groups in total. The number of nitrogens with zero attached hydrogens (tertiary/aromatic N) is 2. The van der Waals surface area contributed by atoms with Crippen LogP contribution in [0.25, 0.3) is 0 Å². The maximum atomic E-state index is 6.51. The van der Waals surface area contributed by atoms with Crippen LogP contribution in [0.3, 0.4) is 0 Å². The zero-order chi connectivity index (χ0) is 21.1. The normalized spacial score (nSPS) is 18.5. The molecular weight excluding hydrogens is 506 g/mol. The van der Waals surface area contributed by atoms with Gasteiger partial charge in [-0.1, -0.05) is 17.7 Å². The molecule has 1 saturated heterocycles. The number of anilines is 1. The molecule has 0 saturated carbocycles. The van der Waals surface area contributed by atoms with Crippen LogP contribution in [-0.2, 0) is 4.74 Å². The van der Waals surface area contributed by atoms with Gasteiger partial charge in [0.05, 0.1) is 29.4 Å². The lowest BCUT2D eigenvalue weighted by molar-refractivity contribution is 0.146. The standard InChI is InChI=1S/C21H19BrClN3O2S2/c1-27-8-9-28-17-6-5-14(11-15(17)23)26-20(18-10-13(22)12-30-18)19(25-21(26)29)16-4-2-3-7-24-16/h2-7,10-12,19-20H,8-9H2,1H3,(H,25,29)/t19-,20-/m0/s1. The van der Waals surface area contributed by atoms with Crippen LogP contribution in [-0.4, -0.2) is 30.4 Å². The van der Waals surface area contributed by atoms with Crippen LogP contribution in [0.1, 0.15) is 22.7 Å². The van der Waals surface area contributed by atoms with Gasteiger partial charge in [0.15, 0.2) is 5.11 Å². The maximum absolute atomic E-state index is 6.51. The van der Waals surface area contributed by atoms with E-state index in [1.807, 2.05) is 36.4 Å². The molecule has 9 heteroatoms. The van der Waals surface area contributed by atoms with Crippen molar-refractivity contribution < 1.29 is 9.47 Å². The number of ether oxygens (including phenoxy) is 2. The van der Waals surface area contributed by atoms with Gasteiger partial charge in [0.2, 0.25) is 0 Å². The van der Waals surface area contributed by atoms with Gasteiger partial charge in [-0.05, 0) is 64.5 Å². The number of hydrogen-bond acceptors (Lipinski definition) is 5. The van der Waals surface area contributed by atoms with Gasteiger partial charge in [-0.3, -0.25) is 4.98 Å². The molecule has 30 heavy (non-hydrogen) atoms. The van der Waals surface area contributed by atoms with Gasteiger partial charge in [-0.2, -0.15) is 0 Å². The molecule has 5 nitrogen and oxygen atoms in total. The van der Waals surface area contributed by atoms with Gasteiger partial charge in [0.1, 0.15) is 12.4 Å². The summed E-state index contributed by atoms with van der Waals surface area (Å²) in [6, 6.07) is 13.6. The van der Waals surface area contributed by atoms with E-state index in [0.29, 0.717) is 29.1 Å². The smallest absolute Gasteiger partial charge is 0.174 e. The molecule has 1 aliphatic rings. The van der Waals surface area contributed by atoms with Crippen LogP contribution in [0, 0.1) is 0 Å². The van der Waals surface area contributed by atoms with E-state index in [-0.39, 0.29) is 12.1 Å². The van der Waals surface area contributed by atoms with Crippen LogP contribution in [0.2, 0.25) is 5.02 Å². The van der Waals surface area contributed by atoms with Crippen molar-refractivity contribution in [3.8, 4) is 5.75 Å². The molecule has 2 aromatic heterocycles. The Balaban J connectivity index is 1.70. The van der Waals surface area contributed by atoms with E-state index in [4.69, 9.17) is 33.3 Å². The molecule has 1 aliphatic heterocycles. The van der Waals surface area contributed by atoms with E-state index in [1.165, 1.54) is 4.88 Å². The van der Waals surface area contributed by atoms with Gasteiger partial charge >= 0.3 is 0 Å². The highest BCUT2D eigenvalue weighted by atomic mass is 79.9. The Hall–Kier alpha value is -1.71. The predicted molar refractivity (Wildman–Crippen MR) is 129 cm³/mol. The van der Waals surface area contributed by atoms with Crippen LogP contribution < -0.4 is 15.0 Å². The van der Waals surface area contributed by atoms with E-state index in [1.54, 1.807) is 24.6 Å². The second kappa shape index (κ2) is 9.62. The van der Waals surface area contributed by atoms with Crippen molar-refractivity contribution in [2.24, 2.45) is 0 Å². The molecule has 0 spiro atoms. The Morgan fingerprint density at radius 3 is 2.80 bits per heavy atom. The first kappa shape index (κ1) is 21.5. The number of methoxy groups -OCH3 is 1. The Morgan fingerprint density at radius 2 is 2.13 bits per heavy atom. The van der Waals surface area contributed by atoms with Crippen molar-refractivity contribution in [2.75, 3.05) is 25.2 Å². The minimum atomic E-state index is -0.0827. The molecule has 0 radical (unpaired) electrons. The SMILES string of the molecule is COCCOc1ccc(N2C(=S)N[C@@H](c3ccccn3)[C@@H]2c2cc(Br)cs2)cc1Cl. The molecule has 0 aliphatic carbocycles. The number of pyridine rings is 1. The van der Waals surface area contributed by atoms with Crippen molar-refractivity contribution in [2.45, 2.75) is 12.1 Å². The van der Waals surface area contributed by atoms with E-state index in [0.717, 1.165) is 15.9 Å².